The van der Waals surface area contributed by atoms with Crippen LogP contribution in [0.15, 0.2) is 24.5 Å². The van der Waals surface area contributed by atoms with E-state index in [4.69, 9.17) is 6.42 Å². The van der Waals surface area contributed by atoms with Crippen LogP contribution in [0.1, 0.15) is 5.56 Å². The summed E-state index contributed by atoms with van der Waals surface area (Å²) in [5.74, 6) is 2.24. The van der Waals surface area contributed by atoms with Gasteiger partial charge in [0.1, 0.15) is 0 Å². The van der Waals surface area contributed by atoms with Crippen LogP contribution in [0.2, 0.25) is 0 Å². The summed E-state index contributed by atoms with van der Waals surface area (Å²) in [4.78, 5) is 3.77. The van der Waals surface area contributed by atoms with Gasteiger partial charge in [0, 0.05) is 12.4 Å². The summed E-state index contributed by atoms with van der Waals surface area (Å²) in [6, 6.07) is 3.46. The van der Waals surface area contributed by atoms with Crippen molar-refractivity contribution in [2.24, 2.45) is 0 Å². The molecule has 48 valence electrons. The number of pyridine rings is 1. The smallest absolute Gasteiger partial charge is 0.366 e. The zero-order valence-electron chi connectivity index (χ0n) is 4.56. The molecule has 2 heteroatoms. The topological polar surface area (TPSA) is 12.9 Å². The van der Waals surface area contributed by atoms with Crippen molar-refractivity contribution in [2.75, 3.05) is 0 Å². The Hall–Kier alpha value is -0.550. The number of hydrogen-bond donors (Lipinski definition) is 0. The van der Waals surface area contributed by atoms with E-state index in [0.29, 0.717) is 0 Å². The van der Waals surface area contributed by atoms with Crippen LogP contribution in [0.4, 0.5) is 0 Å². The maximum Gasteiger partial charge on any atom is 1.00 e. The summed E-state index contributed by atoms with van der Waals surface area (Å²) in [6.07, 6.45) is 9.94. The first-order valence-corrected chi connectivity index (χ1v) is 2.26. The fourth-order valence-electron chi connectivity index (χ4n) is 0.435. The molecule has 1 aromatic rings. The van der Waals surface area contributed by atoms with Gasteiger partial charge >= 0.3 is 22.4 Å². The Labute approximate surface area is 70.0 Å². The minimum Gasteiger partial charge on any atom is -0.366 e. The van der Waals surface area contributed by atoms with Gasteiger partial charge in [-0.05, 0) is 0 Å². The van der Waals surface area contributed by atoms with Gasteiger partial charge in [0.2, 0.25) is 0 Å². The minimum atomic E-state index is 0. The van der Waals surface area contributed by atoms with Crippen LogP contribution >= 0.6 is 0 Å². The Balaban J connectivity index is 0.000000640. The van der Waals surface area contributed by atoms with E-state index >= 15 is 0 Å². The Kier molecular flexibility index (Phi) is 4.08. The van der Waals surface area contributed by atoms with E-state index in [1.165, 1.54) is 0 Å². The van der Waals surface area contributed by atoms with Crippen LogP contribution in [-0.4, -0.2) is 4.98 Å². The minimum absolute atomic E-state index is 0. The molecule has 1 nitrogen and oxygen atoms in total. The summed E-state index contributed by atoms with van der Waals surface area (Å²) in [7, 11) is 0. The molecule has 1 heterocycles. The molecule has 0 atom stereocenters. The first-order valence-electron chi connectivity index (χ1n) is 2.26. The molecule has 1 aromatic heterocycles. The van der Waals surface area contributed by atoms with E-state index in [-0.39, 0.29) is 22.4 Å². The van der Waals surface area contributed by atoms with Gasteiger partial charge < -0.3 is 6.42 Å². The van der Waals surface area contributed by atoms with E-state index in [0.717, 1.165) is 5.56 Å². The van der Waals surface area contributed by atoms with E-state index in [1.807, 2.05) is 0 Å². The third-order valence-corrected chi connectivity index (χ3v) is 0.825. The molecule has 0 aliphatic carbocycles. The SMILES string of the molecule is [Au+].[C-]#Cc1ccncc1. The summed E-state index contributed by atoms with van der Waals surface area (Å²) in [5, 5.41) is 0. The Morgan fingerprint density at radius 3 is 2.22 bits per heavy atom. The van der Waals surface area contributed by atoms with Crippen LogP contribution in [0.3, 0.4) is 0 Å². The van der Waals surface area contributed by atoms with Crippen molar-refractivity contribution in [1.82, 2.24) is 4.98 Å². The third kappa shape index (κ3) is 2.48. The Bertz CT molecular complexity index is 200. The molecule has 0 unspecified atom stereocenters. The molecule has 0 spiro atoms. The van der Waals surface area contributed by atoms with Gasteiger partial charge in [-0.1, -0.05) is 0 Å². The summed E-state index contributed by atoms with van der Waals surface area (Å²) in [5.41, 5.74) is 0.764. The number of hydrogen-bond acceptors (Lipinski definition) is 1. The number of rotatable bonds is 0. The molecule has 0 aromatic carbocycles. The summed E-state index contributed by atoms with van der Waals surface area (Å²) < 4.78 is 0. The zero-order chi connectivity index (χ0) is 5.82. The molecule has 1 rings (SSSR count). The maximum absolute atomic E-state index is 6.67. The molecule has 0 aliphatic heterocycles. The summed E-state index contributed by atoms with van der Waals surface area (Å²) >= 11 is 0. The van der Waals surface area contributed by atoms with E-state index in [9.17, 15) is 0 Å². The molecule has 0 radical (unpaired) electrons. The van der Waals surface area contributed by atoms with Crippen molar-refractivity contribution in [3.8, 4) is 5.92 Å². The van der Waals surface area contributed by atoms with Gasteiger partial charge in [-0.3, -0.25) is 10.9 Å². The molecule has 0 amide bonds. The fraction of sp³-hybridized carbons (Fsp3) is 0. The molecule has 0 bridgehead atoms. The average molecular weight is 299 g/mol. The summed E-state index contributed by atoms with van der Waals surface area (Å²) in [6.45, 7) is 0. The predicted octanol–water partition coefficient (Wildman–Crippen LogP) is 1.02. The zero-order valence-corrected chi connectivity index (χ0v) is 6.72. The molecule has 0 fully saturated rings. The molecular formula is C7H4AuN. The molecule has 0 saturated heterocycles. The normalized spacial score (nSPS) is 7.00. The van der Waals surface area contributed by atoms with Crippen LogP contribution in [0.5, 0.6) is 0 Å². The standard InChI is InChI=1S/C7H4N.Au/c1-2-7-3-5-8-6-4-7;/h3-6H;/q-1;+1. The number of nitrogens with zero attached hydrogens (tertiary/aromatic N) is 1. The van der Waals surface area contributed by atoms with Crippen LogP contribution in [-0.2, 0) is 22.4 Å². The molecule has 0 N–H and O–H groups in total. The predicted molar refractivity (Wildman–Crippen MR) is 30.5 cm³/mol. The van der Waals surface area contributed by atoms with Crippen molar-refractivity contribution in [1.29, 1.82) is 0 Å². The van der Waals surface area contributed by atoms with E-state index in [2.05, 4.69) is 10.9 Å². The van der Waals surface area contributed by atoms with Crippen molar-refractivity contribution >= 4 is 0 Å². The maximum atomic E-state index is 6.67. The second-order valence-corrected chi connectivity index (χ2v) is 1.36. The van der Waals surface area contributed by atoms with Gasteiger partial charge in [0.05, 0.1) is 0 Å². The van der Waals surface area contributed by atoms with Crippen molar-refractivity contribution < 1.29 is 22.4 Å². The molecule has 0 saturated carbocycles. The Morgan fingerprint density at radius 2 is 1.89 bits per heavy atom. The van der Waals surface area contributed by atoms with Crippen molar-refractivity contribution in [2.45, 2.75) is 0 Å². The van der Waals surface area contributed by atoms with Crippen molar-refractivity contribution in [3.05, 3.63) is 36.5 Å². The second-order valence-electron chi connectivity index (χ2n) is 1.36. The molecule has 0 aliphatic rings. The Morgan fingerprint density at radius 1 is 1.33 bits per heavy atom. The van der Waals surface area contributed by atoms with Crippen LogP contribution < -0.4 is 0 Å². The van der Waals surface area contributed by atoms with Crippen LogP contribution in [0.25, 0.3) is 0 Å². The fourth-order valence-corrected chi connectivity index (χ4v) is 0.435. The van der Waals surface area contributed by atoms with E-state index < -0.39 is 0 Å². The average Bonchev–Trinajstić information content (AvgIpc) is 1.90. The van der Waals surface area contributed by atoms with Gasteiger partial charge in [-0.25, -0.2) is 0 Å². The van der Waals surface area contributed by atoms with Gasteiger partial charge in [0.25, 0.3) is 0 Å². The largest absolute Gasteiger partial charge is 1.00 e. The first kappa shape index (κ1) is 8.45. The van der Waals surface area contributed by atoms with Gasteiger partial charge in [-0.15, -0.1) is 17.7 Å². The monoisotopic (exact) mass is 299 g/mol. The van der Waals surface area contributed by atoms with Gasteiger partial charge in [-0.2, -0.15) is 0 Å². The molecule has 9 heavy (non-hydrogen) atoms. The third-order valence-electron chi connectivity index (χ3n) is 0.825. The van der Waals surface area contributed by atoms with E-state index in [1.54, 1.807) is 24.5 Å². The quantitative estimate of drug-likeness (QED) is 0.396. The first-order chi connectivity index (χ1) is 3.93. The molecular weight excluding hydrogens is 295 g/mol. The second kappa shape index (κ2) is 4.34. The van der Waals surface area contributed by atoms with Gasteiger partial charge in [0.15, 0.2) is 0 Å². The number of aromatic nitrogens is 1. The van der Waals surface area contributed by atoms with Crippen LogP contribution in [0, 0.1) is 12.3 Å². The van der Waals surface area contributed by atoms with Crippen molar-refractivity contribution in [3.63, 3.8) is 0 Å².